The second-order valence-corrected chi connectivity index (χ2v) is 3.22. The SMILES string of the molecule is Cc1cc(C#CCCS)ccc1O. The fourth-order valence-corrected chi connectivity index (χ4v) is 1.07. The summed E-state index contributed by atoms with van der Waals surface area (Å²) in [6.45, 7) is 1.86. The van der Waals surface area contributed by atoms with E-state index in [0.717, 1.165) is 23.3 Å². The quantitative estimate of drug-likeness (QED) is 0.517. The van der Waals surface area contributed by atoms with Gasteiger partial charge in [-0.1, -0.05) is 11.8 Å². The first-order chi connectivity index (χ1) is 6.24. The van der Waals surface area contributed by atoms with Gasteiger partial charge in [0.2, 0.25) is 0 Å². The largest absolute Gasteiger partial charge is 0.508 e. The topological polar surface area (TPSA) is 20.2 Å². The number of phenolic OH excluding ortho intramolecular Hbond substituents is 1. The summed E-state index contributed by atoms with van der Waals surface area (Å²) in [6.07, 6.45) is 0.795. The second-order valence-electron chi connectivity index (χ2n) is 2.78. The Morgan fingerprint density at radius 2 is 2.23 bits per heavy atom. The van der Waals surface area contributed by atoms with E-state index in [0.29, 0.717) is 5.75 Å². The van der Waals surface area contributed by atoms with Crippen LogP contribution in [0.2, 0.25) is 0 Å². The van der Waals surface area contributed by atoms with Crippen molar-refractivity contribution in [2.45, 2.75) is 13.3 Å². The van der Waals surface area contributed by atoms with Gasteiger partial charge in [0.05, 0.1) is 0 Å². The van der Waals surface area contributed by atoms with E-state index in [2.05, 4.69) is 24.5 Å². The molecule has 0 bridgehead atoms. The second kappa shape index (κ2) is 4.84. The van der Waals surface area contributed by atoms with E-state index in [4.69, 9.17) is 0 Å². The van der Waals surface area contributed by atoms with E-state index in [1.54, 1.807) is 6.07 Å². The van der Waals surface area contributed by atoms with Gasteiger partial charge in [0.1, 0.15) is 5.75 Å². The standard InChI is InChI=1S/C11H12OS/c1-9-8-10(4-2-3-7-13)5-6-11(9)12/h5-6,8,12-13H,3,7H2,1H3. The Bertz CT molecular complexity index is 347. The summed E-state index contributed by atoms with van der Waals surface area (Å²) in [7, 11) is 0. The van der Waals surface area contributed by atoms with Gasteiger partial charge in [-0.05, 0) is 30.7 Å². The van der Waals surface area contributed by atoms with Crippen LogP contribution >= 0.6 is 12.6 Å². The van der Waals surface area contributed by atoms with Gasteiger partial charge in [0, 0.05) is 17.7 Å². The highest BCUT2D eigenvalue weighted by molar-refractivity contribution is 7.80. The Labute approximate surface area is 84.2 Å². The summed E-state index contributed by atoms with van der Waals surface area (Å²) < 4.78 is 0. The molecule has 0 unspecified atom stereocenters. The number of aryl methyl sites for hydroxylation is 1. The van der Waals surface area contributed by atoms with Crippen LogP contribution in [0.1, 0.15) is 17.5 Å². The normalized spacial score (nSPS) is 9.08. The van der Waals surface area contributed by atoms with E-state index in [1.165, 1.54) is 0 Å². The Morgan fingerprint density at radius 3 is 2.85 bits per heavy atom. The molecule has 2 heteroatoms. The van der Waals surface area contributed by atoms with Gasteiger partial charge < -0.3 is 5.11 Å². The van der Waals surface area contributed by atoms with Crippen LogP contribution in [0, 0.1) is 18.8 Å². The van der Waals surface area contributed by atoms with Gasteiger partial charge >= 0.3 is 0 Å². The lowest BCUT2D eigenvalue weighted by atomic mass is 10.1. The lowest BCUT2D eigenvalue weighted by Crippen LogP contribution is -1.78. The van der Waals surface area contributed by atoms with Crippen LogP contribution in [-0.2, 0) is 0 Å². The van der Waals surface area contributed by atoms with Crippen molar-refractivity contribution < 1.29 is 5.11 Å². The molecule has 0 fully saturated rings. The van der Waals surface area contributed by atoms with Crippen LogP contribution in [0.25, 0.3) is 0 Å². The number of rotatable bonds is 1. The highest BCUT2D eigenvalue weighted by Gasteiger charge is 1.94. The summed E-state index contributed by atoms with van der Waals surface area (Å²) >= 11 is 4.06. The minimum atomic E-state index is 0.319. The summed E-state index contributed by atoms with van der Waals surface area (Å²) in [4.78, 5) is 0. The molecule has 1 aromatic carbocycles. The molecule has 1 aromatic rings. The third kappa shape index (κ3) is 3.04. The van der Waals surface area contributed by atoms with E-state index < -0.39 is 0 Å². The molecule has 1 rings (SSSR count). The van der Waals surface area contributed by atoms with Gasteiger partial charge in [-0.25, -0.2) is 0 Å². The molecule has 0 aliphatic heterocycles. The fraction of sp³-hybridized carbons (Fsp3) is 0.273. The van der Waals surface area contributed by atoms with Crippen molar-refractivity contribution in [2.75, 3.05) is 5.75 Å². The molecule has 1 N–H and O–H groups in total. The average Bonchev–Trinajstić information content (AvgIpc) is 2.12. The minimum absolute atomic E-state index is 0.319. The van der Waals surface area contributed by atoms with Crippen LogP contribution in [0.3, 0.4) is 0 Å². The van der Waals surface area contributed by atoms with Crippen molar-refractivity contribution in [3.63, 3.8) is 0 Å². The number of phenols is 1. The van der Waals surface area contributed by atoms with Crippen molar-refractivity contribution in [2.24, 2.45) is 0 Å². The lowest BCUT2D eigenvalue weighted by Gasteiger charge is -1.97. The van der Waals surface area contributed by atoms with Crippen molar-refractivity contribution in [3.8, 4) is 17.6 Å². The van der Waals surface area contributed by atoms with Crippen LogP contribution < -0.4 is 0 Å². The van der Waals surface area contributed by atoms with E-state index in [1.807, 2.05) is 19.1 Å². The van der Waals surface area contributed by atoms with Gasteiger partial charge in [0.25, 0.3) is 0 Å². The molecular weight excluding hydrogens is 180 g/mol. The van der Waals surface area contributed by atoms with Gasteiger partial charge in [-0.3, -0.25) is 0 Å². The minimum Gasteiger partial charge on any atom is -0.508 e. The zero-order valence-electron chi connectivity index (χ0n) is 7.54. The maximum Gasteiger partial charge on any atom is 0.118 e. The predicted molar refractivity (Wildman–Crippen MR) is 58.2 cm³/mol. The average molecular weight is 192 g/mol. The summed E-state index contributed by atoms with van der Waals surface area (Å²) in [5.41, 5.74) is 1.80. The summed E-state index contributed by atoms with van der Waals surface area (Å²) in [5, 5.41) is 9.25. The number of hydrogen-bond acceptors (Lipinski definition) is 2. The first kappa shape index (κ1) is 10.0. The molecule has 0 spiro atoms. The molecule has 0 saturated carbocycles. The Kier molecular flexibility index (Phi) is 3.72. The molecular formula is C11H12OS. The predicted octanol–water partition coefficient (Wildman–Crippen LogP) is 2.37. The van der Waals surface area contributed by atoms with E-state index >= 15 is 0 Å². The molecule has 0 radical (unpaired) electrons. The van der Waals surface area contributed by atoms with Gasteiger partial charge in [-0.2, -0.15) is 12.6 Å². The van der Waals surface area contributed by atoms with Crippen LogP contribution in [-0.4, -0.2) is 10.9 Å². The van der Waals surface area contributed by atoms with Crippen LogP contribution in [0.15, 0.2) is 18.2 Å². The monoisotopic (exact) mass is 192 g/mol. The van der Waals surface area contributed by atoms with Crippen molar-refractivity contribution >= 4 is 12.6 Å². The first-order valence-corrected chi connectivity index (χ1v) is 4.76. The van der Waals surface area contributed by atoms with Crippen LogP contribution in [0.4, 0.5) is 0 Å². The zero-order valence-corrected chi connectivity index (χ0v) is 8.44. The summed E-state index contributed by atoms with van der Waals surface area (Å²) in [6, 6.07) is 5.36. The highest BCUT2D eigenvalue weighted by Crippen LogP contribution is 2.16. The number of aromatic hydroxyl groups is 1. The zero-order chi connectivity index (χ0) is 9.68. The maximum absolute atomic E-state index is 9.25. The Balaban J connectivity index is 2.81. The van der Waals surface area contributed by atoms with E-state index in [9.17, 15) is 5.11 Å². The lowest BCUT2D eigenvalue weighted by molar-refractivity contribution is 0.471. The van der Waals surface area contributed by atoms with Crippen molar-refractivity contribution in [1.82, 2.24) is 0 Å². The molecule has 0 saturated heterocycles. The smallest absolute Gasteiger partial charge is 0.118 e. The molecule has 1 nitrogen and oxygen atoms in total. The van der Waals surface area contributed by atoms with Crippen molar-refractivity contribution in [3.05, 3.63) is 29.3 Å². The number of hydrogen-bond donors (Lipinski definition) is 2. The molecule has 0 aliphatic rings. The molecule has 0 aliphatic carbocycles. The van der Waals surface area contributed by atoms with Crippen molar-refractivity contribution in [1.29, 1.82) is 0 Å². The van der Waals surface area contributed by atoms with E-state index in [-0.39, 0.29) is 0 Å². The maximum atomic E-state index is 9.25. The molecule has 0 heterocycles. The summed E-state index contributed by atoms with van der Waals surface area (Å²) in [5.74, 6) is 7.09. The Hall–Kier alpha value is -1.07. The number of thiol groups is 1. The molecule has 68 valence electrons. The molecule has 0 amide bonds. The Morgan fingerprint density at radius 1 is 1.46 bits per heavy atom. The van der Waals surface area contributed by atoms with Crippen LogP contribution in [0.5, 0.6) is 5.75 Å². The van der Waals surface area contributed by atoms with Gasteiger partial charge in [-0.15, -0.1) is 0 Å². The third-order valence-corrected chi connectivity index (χ3v) is 1.89. The first-order valence-electron chi connectivity index (χ1n) is 4.13. The molecule has 13 heavy (non-hydrogen) atoms. The highest BCUT2D eigenvalue weighted by atomic mass is 32.1. The number of benzene rings is 1. The molecule has 0 atom stereocenters. The fourth-order valence-electron chi connectivity index (χ4n) is 0.954. The molecule has 0 aromatic heterocycles. The third-order valence-electron chi connectivity index (χ3n) is 1.67. The van der Waals surface area contributed by atoms with Gasteiger partial charge in [0.15, 0.2) is 0 Å².